The highest BCUT2D eigenvalue weighted by atomic mass is 79.9. The second-order valence-corrected chi connectivity index (χ2v) is 4.81. The fourth-order valence-corrected chi connectivity index (χ4v) is 2.23. The van der Waals surface area contributed by atoms with E-state index in [4.69, 9.17) is 11.6 Å². The molecule has 3 rings (SSSR count). The molecular weight excluding hydrogens is 302 g/mol. The van der Waals surface area contributed by atoms with Crippen molar-refractivity contribution in [3.05, 3.63) is 52.1 Å². The molecule has 0 atom stereocenters. The van der Waals surface area contributed by atoms with Crippen molar-refractivity contribution in [2.45, 2.75) is 0 Å². The largest absolute Gasteiger partial charge is 0.207 e. The molecule has 2 heterocycles. The lowest BCUT2D eigenvalue weighted by Gasteiger charge is -1.94. The van der Waals surface area contributed by atoms with E-state index in [1.807, 2.05) is 42.5 Å². The van der Waals surface area contributed by atoms with Gasteiger partial charge < -0.3 is 0 Å². The average molecular weight is 309 g/mol. The van der Waals surface area contributed by atoms with E-state index in [-0.39, 0.29) is 0 Å². The van der Waals surface area contributed by atoms with Crippen LogP contribution < -0.4 is 0 Å². The molecule has 0 aliphatic carbocycles. The molecule has 0 aliphatic rings. The molecule has 0 N–H and O–H groups in total. The van der Waals surface area contributed by atoms with Gasteiger partial charge in [0, 0.05) is 10.6 Å². The minimum absolute atomic E-state index is 0.666. The minimum Gasteiger partial charge on any atom is -0.207 e. The Labute approximate surface area is 111 Å². The molecule has 0 saturated heterocycles. The number of rotatable bonds is 1. The number of halogens is 2. The van der Waals surface area contributed by atoms with Crippen LogP contribution in [0.25, 0.3) is 17.0 Å². The third kappa shape index (κ3) is 1.94. The zero-order valence-electron chi connectivity index (χ0n) is 8.64. The molecule has 0 radical (unpaired) electrons. The lowest BCUT2D eigenvalue weighted by atomic mass is 10.2. The van der Waals surface area contributed by atoms with Crippen molar-refractivity contribution in [1.82, 2.24) is 14.6 Å². The van der Waals surface area contributed by atoms with Gasteiger partial charge in [-0.1, -0.05) is 29.8 Å². The Bertz CT molecular complexity index is 693. The second-order valence-electron chi connectivity index (χ2n) is 3.56. The van der Waals surface area contributed by atoms with E-state index in [1.54, 1.807) is 4.52 Å². The Morgan fingerprint density at radius 1 is 1.12 bits per heavy atom. The maximum atomic E-state index is 5.95. The van der Waals surface area contributed by atoms with Gasteiger partial charge in [-0.15, -0.1) is 5.10 Å². The number of fused-ring (bicyclic) bond motifs is 1. The van der Waals surface area contributed by atoms with E-state index in [9.17, 15) is 0 Å². The zero-order valence-corrected chi connectivity index (χ0v) is 11.0. The van der Waals surface area contributed by atoms with Crippen molar-refractivity contribution in [2.24, 2.45) is 0 Å². The third-order valence-corrected chi connectivity index (χ3v) is 3.23. The number of hydrogen-bond donors (Lipinski definition) is 0. The highest BCUT2D eigenvalue weighted by molar-refractivity contribution is 9.10. The zero-order chi connectivity index (χ0) is 11.8. The molecule has 0 spiro atoms. The van der Waals surface area contributed by atoms with Gasteiger partial charge in [-0.05, 0) is 40.2 Å². The smallest absolute Gasteiger partial charge is 0.182 e. The van der Waals surface area contributed by atoms with Crippen LogP contribution in [0.2, 0.25) is 5.02 Å². The topological polar surface area (TPSA) is 30.2 Å². The number of nitrogens with zero attached hydrogens (tertiary/aromatic N) is 3. The summed E-state index contributed by atoms with van der Waals surface area (Å²) in [4.78, 5) is 4.45. The third-order valence-electron chi connectivity index (χ3n) is 2.40. The summed E-state index contributed by atoms with van der Waals surface area (Å²) in [5.41, 5.74) is 1.71. The van der Waals surface area contributed by atoms with E-state index < -0.39 is 0 Å². The van der Waals surface area contributed by atoms with Gasteiger partial charge in [0.25, 0.3) is 0 Å². The Hall–Kier alpha value is -1.39. The van der Waals surface area contributed by atoms with Crippen LogP contribution in [-0.4, -0.2) is 14.6 Å². The van der Waals surface area contributed by atoms with Crippen molar-refractivity contribution < 1.29 is 0 Å². The molecule has 2 aromatic heterocycles. The first-order valence-corrected chi connectivity index (χ1v) is 6.18. The summed E-state index contributed by atoms with van der Waals surface area (Å²) in [6.07, 6.45) is 0. The Morgan fingerprint density at radius 2 is 1.94 bits per heavy atom. The van der Waals surface area contributed by atoms with Crippen molar-refractivity contribution in [3.63, 3.8) is 0 Å². The Kier molecular flexibility index (Phi) is 2.61. The molecule has 3 nitrogen and oxygen atoms in total. The Balaban J connectivity index is 2.22. The van der Waals surface area contributed by atoms with Gasteiger partial charge in [0.2, 0.25) is 0 Å². The van der Waals surface area contributed by atoms with E-state index in [1.165, 1.54) is 0 Å². The van der Waals surface area contributed by atoms with Crippen LogP contribution in [0.4, 0.5) is 0 Å². The molecule has 0 bridgehead atoms. The van der Waals surface area contributed by atoms with Crippen LogP contribution >= 0.6 is 27.5 Å². The van der Waals surface area contributed by atoms with Crippen molar-refractivity contribution in [2.75, 3.05) is 0 Å². The minimum atomic E-state index is 0.666. The predicted octanol–water partition coefficient (Wildman–Crippen LogP) is 3.81. The van der Waals surface area contributed by atoms with Gasteiger partial charge in [0.1, 0.15) is 4.60 Å². The number of benzene rings is 1. The molecule has 0 fully saturated rings. The predicted molar refractivity (Wildman–Crippen MR) is 71.1 cm³/mol. The standard InChI is InChI=1S/C12H7BrClN3/c13-10-5-2-6-11-15-12(16-17(10)11)8-3-1-4-9(14)7-8/h1-7H. The Morgan fingerprint density at radius 3 is 2.71 bits per heavy atom. The number of pyridine rings is 1. The summed E-state index contributed by atoms with van der Waals surface area (Å²) in [6.45, 7) is 0. The SMILES string of the molecule is Clc1cccc(-c2nc3cccc(Br)n3n2)c1. The van der Waals surface area contributed by atoms with Gasteiger partial charge in [-0.3, -0.25) is 0 Å². The van der Waals surface area contributed by atoms with E-state index in [0.29, 0.717) is 10.8 Å². The van der Waals surface area contributed by atoms with E-state index >= 15 is 0 Å². The van der Waals surface area contributed by atoms with Crippen molar-refractivity contribution in [3.8, 4) is 11.4 Å². The normalized spacial score (nSPS) is 10.9. The molecular formula is C12H7BrClN3. The molecule has 0 aliphatic heterocycles. The molecule has 84 valence electrons. The van der Waals surface area contributed by atoms with Crippen LogP contribution in [0, 0.1) is 0 Å². The monoisotopic (exact) mass is 307 g/mol. The summed E-state index contributed by atoms with van der Waals surface area (Å²) in [7, 11) is 0. The van der Waals surface area contributed by atoms with Crippen molar-refractivity contribution >= 4 is 33.2 Å². The first kappa shape index (κ1) is 10.7. The van der Waals surface area contributed by atoms with Gasteiger partial charge >= 0.3 is 0 Å². The van der Waals surface area contributed by atoms with E-state index in [0.717, 1.165) is 15.8 Å². The maximum absolute atomic E-state index is 5.95. The summed E-state index contributed by atoms with van der Waals surface area (Å²) >= 11 is 9.38. The maximum Gasteiger partial charge on any atom is 0.182 e. The van der Waals surface area contributed by atoms with Crippen LogP contribution in [0.1, 0.15) is 0 Å². The first-order chi connectivity index (χ1) is 8.24. The van der Waals surface area contributed by atoms with Crippen LogP contribution in [0.5, 0.6) is 0 Å². The van der Waals surface area contributed by atoms with Gasteiger partial charge in [-0.2, -0.15) is 0 Å². The lowest BCUT2D eigenvalue weighted by molar-refractivity contribution is 0.940. The second kappa shape index (κ2) is 4.13. The summed E-state index contributed by atoms with van der Waals surface area (Å²) in [6, 6.07) is 13.3. The summed E-state index contributed by atoms with van der Waals surface area (Å²) in [5.74, 6) is 0.666. The fraction of sp³-hybridized carbons (Fsp3) is 0. The van der Waals surface area contributed by atoms with Crippen LogP contribution in [-0.2, 0) is 0 Å². The van der Waals surface area contributed by atoms with E-state index in [2.05, 4.69) is 26.0 Å². The molecule has 17 heavy (non-hydrogen) atoms. The van der Waals surface area contributed by atoms with Gasteiger partial charge in [0.05, 0.1) is 0 Å². The lowest BCUT2D eigenvalue weighted by Crippen LogP contribution is -1.88. The molecule has 1 aromatic carbocycles. The van der Waals surface area contributed by atoms with Gasteiger partial charge in [-0.25, -0.2) is 9.50 Å². The molecule has 5 heteroatoms. The highest BCUT2D eigenvalue weighted by Crippen LogP contribution is 2.21. The van der Waals surface area contributed by atoms with Crippen LogP contribution in [0.15, 0.2) is 47.1 Å². The first-order valence-electron chi connectivity index (χ1n) is 5.01. The number of aromatic nitrogens is 3. The number of hydrogen-bond acceptors (Lipinski definition) is 2. The highest BCUT2D eigenvalue weighted by Gasteiger charge is 2.07. The van der Waals surface area contributed by atoms with Crippen LogP contribution in [0.3, 0.4) is 0 Å². The van der Waals surface area contributed by atoms with Crippen molar-refractivity contribution in [1.29, 1.82) is 0 Å². The quantitative estimate of drug-likeness (QED) is 0.640. The molecule has 0 saturated carbocycles. The molecule has 0 amide bonds. The summed E-state index contributed by atoms with van der Waals surface area (Å²) < 4.78 is 2.62. The average Bonchev–Trinajstić information content (AvgIpc) is 2.74. The summed E-state index contributed by atoms with van der Waals surface area (Å²) in [5, 5.41) is 5.10. The van der Waals surface area contributed by atoms with Gasteiger partial charge in [0.15, 0.2) is 11.5 Å². The molecule has 0 unspecified atom stereocenters. The fourth-order valence-electron chi connectivity index (χ4n) is 1.62. The molecule has 3 aromatic rings.